The van der Waals surface area contributed by atoms with E-state index >= 15 is 0 Å². The molecule has 0 aromatic heterocycles. The number of rotatable bonds is 7. The highest BCUT2D eigenvalue weighted by Gasteiger charge is 2.25. The SMILES string of the molecule is CS(=O)(=O)NCC1CCCN(C(=O)CCNC2CC2)C1. The minimum atomic E-state index is -3.14. The number of likely N-dealkylation sites (tertiary alicyclic amines) is 1. The van der Waals surface area contributed by atoms with E-state index in [1.165, 1.54) is 19.1 Å². The summed E-state index contributed by atoms with van der Waals surface area (Å²) in [5.74, 6) is 0.418. The number of carbonyl (C=O) groups excluding carboxylic acids is 1. The molecule has 1 aliphatic heterocycles. The van der Waals surface area contributed by atoms with E-state index in [4.69, 9.17) is 0 Å². The summed E-state index contributed by atoms with van der Waals surface area (Å²) in [7, 11) is -3.14. The third-order valence-corrected chi connectivity index (χ3v) is 4.55. The van der Waals surface area contributed by atoms with Crippen molar-refractivity contribution in [2.24, 2.45) is 5.92 Å². The average Bonchev–Trinajstić information content (AvgIpc) is 3.20. The zero-order chi connectivity index (χ0) is 14.6. The molecule has 0 spiro atoms. The molecule has 1 heterocycles. The number of hydrogen-bond donors (Lipinski definition) is 2. The number of nitrogens with one attached hydrogen (secondary N) is 2. The van der Waals surface area contributed by atoms with Gasteiger partial charge in [-0.15, -0.1) is 0 Å². The Morgan fingerprint density at radius 3 is 2.70 bits per heavy atom. The van der Waals surface area contributed by atoms with Crippen molar-refractivity contribution in [3.05, 3.63) is 0 Å². The van der Waals surface area contributed by atoms with Gasteiger partial charge in [-0.3, -0.25) is 4.79 Å². The number of piperidine rings is 1. The molecule has 7 heteroatoms. The minimum absolute atomic E-state index is 0.183. The molecule has 1 unspecified atom stereocenters. The molecule has 2 aliphatic rings. The maximum Gasteiger partial charge on any atom is 0.223 e. The van der Waals surface area contributed by atoms with E-state index in [1.807, 2.05) is 4.90 Å². The maximum atomic E-state index is 12.1. The predicted molar refractivity (Wildman–Crippen MR) is 77.8 cm³/mol. The third-order valence-electron chi connectivity index (χ3n) is 3.86. The summed E-state index contributed by atoms with van der Waals surface area (Å²) in [5, 5.41) is 3.34. The largest absolute Gasteiger partial charge is 0.342 e. The molecular formula is C13H25N3O3S. The van der Waals surface area contributed by atoms with Crippen LogP contribution in [0.1, 0.15) is 32.1 Å². The Morgan fingerprint density at radius 1 is 1.30 bits per heavy atom. The fourth-order valence-electron chi connectivity index (χ4n) is 2.56. The van der Waals surface area contributed by atoms with Gasteiger partial charge in [-0.2, -0.15) is 0 Å². The van der Waals surface area contributed by atoms with E-state index in [-0.39, 0.29) is 11.8 Å². The predicted octanol–water partition coefficient (Wildman–Crippen LogP) is -0.0837. The Labute approximate surface area is 121 Å². The van der Waals surface area contributed by atoms with Crippen molar-refractivity contribution in [1.82, 2.24) is 14.9 Å². The first-order chi connectivity index (χ1) is 9.44. The van der Waals surface area contributed by atoms with Gasteiger partial charge in [0.15, 0.2) is 0 Å². The normalized spacial score (nSPS) is 23.9. The first kappa shape index (κ1) is 15.7. The molecular weight excluding hydrogens is 278 g/mol. The lowest BCUT2D eigenvalue weighted by molar-refractivity contribution is -0.132. The topological polar surface area (TPSA) is 78.5 Å². The molecule has 1 aliphatic carbocycles. The van der Waals surface area contributed by atoms with Crippen LogP contribution >= 0.6 is 0 Å². The van der Waals surface area contributed by atoms with Gasteiger partial charge in [-0.1, -0.05) is 0 Å². The quantitative estimate of drug-likeness (QED) is 0.689. The van der Waals surface area contributed by atoms with Gasteiger partial charge in [0, 0.05) is 38.6 Å². The highest BCUT2D eigenvalue weighted by molar-refractivity contribution is 7.88. The second-order valence-corrected chi connectivity index (χ2v) is 7.78. The lowest BCUT2D eigenvalue weighted by Crippen LogP contribution is -2.44. The molecule has 1 saturated heterocycles. The molecule has 6 nitrogen and oxygen atoms in total. The van der Waals surface area contributed by atoms with E-state index in [9.17, 15) is 13.2 Å². The van der Waals surface area contributed by atoms with E-state index in [0.29, 0.717) is 25.6 Å². The summed E-state index contributed by atoms with van der Waals surface area (Å²) in [6.45, 7) is 2.66. The van der Waals surface area contributed by atoms with E-state index in [2.05, 4.69) is 10.0 Å². The van der Waals surface area contributed by atoms with Gasteiger partial charge >= 0.3 is 0 Å². The minimum Gasteiger partial charge on any atom is -0.342 e. The summed E-state index contributed by atoms with van der Waals surface area (Å²) in [6, 6.07) is 0.635. The number of carbonyl (C=O) groups is 1. The van der Waals surface area contributed by atoms with Crippen molar-refractivity contribution in [2.45, 2.75) is 38.1 Å². The average molecular weight is 303 g/mol. The molecule has 0 aromatic carbocycles. The molecule has 2 fully saturated rings. The van der Waals surface area contributed by atoms with Crippen LogP contribution in [0.15, 0.2) is 0 Å². The summed E-state index contributed by atoms with van der Waals surface area (Å²) >= 11 is 0. The van der Waals surface area contributed by atoms with E-state index in [1.54, 1.807) is 0 Å². The number of hydrogen-bond acceptors (Lipinski definition) is 4. The Bertz CT molecular complexity index is 434. The van der Waals surface area contributed by atoms with Gasteiger partial charge in [0.1, 0.15) is 0 Å². The smallest absolute Gasteiger partial charge is 0.223 e. The summed E-state index contributed by atoms with van der Waals surface area (Å²) in [5.41, 5.74) is 0. The fraction of sp³-hybridized carbons (Fsp3) is 0.923. The van der Waals surface area contributed by atoms with Crippen molar-refractivity contribution in [3.8, 4) is 0 Å². The number of sulfonamides is 1. The van der Waals surface area contributed by atoms with Crippen LogP contribution in [0.2, 0.25) is 0 Å². The van der Waals surface area contributed by atoms with E-state index < -0.39 is 10.0 Å². The Hall–Kier alpha value is -0.660. The molecule has 20 heavy (non-hydrogen) atoms. The Balaban J connectivity index is 1.69. The van der Waals surface area contributed by atoms with Crippen LogP contribution in [0.4, 0.5) is 0 Å². The van der Waals surface area contributed by atoms with Crippen molar-refractivity contribution >= 4 is 15.9 Å². The zero-order valence-electron chi connectivity index (χ0n) is 12.1. The van der Waals surface area contributed by atoms with Crippen LogP contribution in [0.25, 0.3) is 0 Å². The Morgan fingerprint density at radius 2 is 2.05 bits per heavy atom. The Kier molecular flexibility index (Phi) is 5.40. The fourth-order valence-corrected chi connectivity index (χ4v) is 3.09. The summed E-state index contributed by atoms with van der Waals surface area (Å²) in [4.78, 5) is 14.0. The van der Waals surface area contributed by atoms with Gasteiger partial charge < -0.3 is 10.2 Å². The van der Waals surface area contributed by atoms with Crippen LogP contribution in [-0.4, -0.2) is 57.7 Å². The summed E-state index contributed by atoms with van der Waals surface area (Å²) < 4.78 is 24.7. The first-order valence-corrected chi connectivity index (χ1v) is 9.29. The standard InChI is InChI=1S/C13H25N3O3S/c1-20(18,19)15-9-11-3-2-8-16(10-11)13(17)6-7-14-12-4-5-12/h11-12,14-15H,2-10H2,1H3. The zero-order valence-corrected chi connectivity index (χ0v) is 12.9. The van der Waals surface area contributed by atoms with Crippen molar-refractivity contribution < 1.29 is 13.2 Å². The van der Waals surface area contributed by atoms with E-state index in [0.717, 1.165) is 25.9 Å². The molecule has 0 radical (unpaired) electrons. The monoisotopic (exact) mass is 303 g/mol. The molecule has 2 rings (SSSR count). The first-order valence-electron chi connectivity index (χ1n) is 7.40. The molecule has 2 N–H and O–H groups in total. The van der Waals surface area contributed by atoms with Crippen LogP contribution in [0.3, 0.4) is 0 Å². The van der Waals surface area contributed by atoms with Gasteiger partial charge in [0.25, 0.3) is 0 Å². The lowest BCUT2D eigenvalue weighted by Gasteiger charge is -2.33. The highest BCUT2D eigenvalue weighted by atomic mass is 32.2. The van der Waals surface area contributed by atoms with Gasteiger partial charge in [-0.25, -0.2) is 13.1 Å². The molecule has 1 amide bonds. The van der Waals surface area contributed by atoms with Crippen LogP contribution < -0.4 is 10.0 Å². The summed E-state index contributed by atoms with van der Waals surface area (Å²) in [6.07, 6.45) is 6.11. The van der Waals surface area contributed by atoms with Gasteiger partial charge in [-0.05, 0) is 31.6 Å². The van der Waals surface area contributed by atoms with Crippen molar-refractivity contribution in [3.63, 3.8) is 0 Å². The van der Waals surface area contributed by atoms with Crippen LogP contribution in [0.5, 0.6) is 0 Å². The lowest BCUT2D eigenvalue weighted by atomic mass is 9.98. The maximum absolute atomic E-state index is 12.1. The molecule has 116 valence electrons. The van der Waals surface area contributed by atoms with Crippen molar-refractivity contribution in [1.29, 1.82) is 0 Å². The third kappa shape index (κ3) is 5.76. The van der Waals surface area contributed by atoms with Gasteiger partial charge in [0.05, 0.1) is 6.26 Å². The molecule has 1 atom stereocenters. The molecule has 0 bridgehead atoms. The van der Waals surface area contributed by atoms with Crippen LogP contribution in [-0.2, 0) is 14.8 Å². The van der Waals surface area contributed by atoms with Crippen molar-refractivity contribution in [2.75, 3.05) is 32.4 Å². The molecule has 0 aromatic rings. The second-order valence-electron chi connectivity index (χ2n) is 5.95. The van der Waals surface area contributed by atoms with Crippen LogP contribution in [0, 0.1) is 5.92 Å². The highest BCUT2D eigenvalue weighted by Crippen LogP contribution is 2.19. The number of amides is 1. The number of nitrogens with zero attached hydrogens (tertiary/aromatic N) is 1. The molecule has 1 saturated carbocycles. The second kappa shape index (κ2) is 6.87. The van der Waals surface area contributed by atoms with Gasteiger partial charge in [0.2, 0.25) is 15.9 Å².